The van der Waals surface area contributed by atoms with Crippen LogP contribution in [0.1, 0.15) is 55.7 Å². The van der Waals surface area contributed by atoms with Crippen molar-refractivity contribution in [3.05, 3.63) is 169 Å². The first-order chi connectivity index (χ1) is 28.0. The molecule has 0 aliphatic rings. The van der Waals surface area contributed by atoms with Gasteiger partial charge in [0, 0.05) is 29.8 Å². The van der Waals surface area contributed by atoms with Crippen LogP contribution in [-0.2, 0) is 13.1 Å². The zero-order valence-corrected chi connectivity index (χ0v) is 32.6. The molecule has 6 aromatic carbocycles. The molecule has 2 heterocycles. The Labute approximate surface area is 383 Å². The maximum Gasteiger partial charge on any atom is 0.488 e. The SMILES string of the molecule is C.C.C.C.C.C.COc1ccc(Cn2nnc3ccccc32)cc1-c1cccc([N+](=O)[O-])c1.COc1ccc(Cn2nnc3ccccc32)cc1Br.O=[N+]([O-])c1cccc(B(O)O)c1. The average Bonchev–Trinajstić information content (AvgIpc) is 3.85. The third-order valence-corrected chi connectivity index (χ3v) is 9.35. The average molecular weight is 942 g/mol. The number of hydrogen-bond acceptors (Lipinski definition) is 12. The molecule has 16 nitrogen and oxygen atoms in total. The highest BCUT2D eigenvalue weighted by atomic mass is 79.9. The molecule has 0 amide bonds. The molecule has 2 aromatic heterocycles. The first kappa shape index (κ1) is 57.0. The van der Waals surface area contributed by atoms with E-state index in [2.05, 4.69) is 36.6 Å². The zero-order valence-electron chi connectivity index (χ0n) is 31.0. The van der Waals surface area contributed by atoms with Gasteiger partial charge >= 0.3 is 7.12 Å². The summed E-state index contributed by atoms with van der Waals surface area (Å²) in [4.78, 5) is 20.3. The second kappa shape index (κ2) is 26.5. The van der Waals surface area contributed by atoms with Gasteiger partial charge in [-0.25, -0.2) is 9.36 Å². The fourth-order valence-corrected chi connectivity index (χ4v) is 6.48. The number of hydrogen-bond donors (Lipinski definition) is 2. The van der Waals surface area contributed by atoms with E-state index in [1.54, 1.807) is 26.4 Å². The van der Waals surface area contributed by atoms with E-state index in [9.17, 15) is 20.2 Å². The summed E-state index contributed by atoms with van der Waals surface area (Å²) in [6.45, 7) is 1.22. The molecule has 340 valence electrons. The quantitative estimate of drug-likeness (QED) is 0.0746. The maximum atomic E-state index is 11.1. The van der Waals surface area contributed by atoms with Crippen LogP contribution in [0.4, 0.5) is 11.4 Å². The van der Waals surface area contributed by atoms with E-state index in [1.807, 2.05) is 100 Å². The van der Waals surface area contributed by atoms with Crippen molar-refractivity contribution in [3.8, 4) is 22.6 Å². The largest absolute Gasteiger partial charge is 0.496 e. The molecule has 64 heavy (non-hydrogen) atoms. The number of aromatic nitrogens is 6. The van der Waals surface area contributed by atoms with E-state index in [4.69, 9.17) is 19.5 Å². The molecule has 0 radical (unpaired) electrons. The Bertz CT molecular complexity index is 2710. The monoisotopic (exact) mass is 940 g/mol. The van der Waals surface area contributed by atoms with Crippen LogP contribution in [-0.4, -0.2) is 71.2 Å². The highest BCUT2D eigenvalue weighted by Crippen LogP contribution is 2.33. The summed E-state index contributed by atoms with van der Waals surface area (Å²) in [5.74, 6) is 1.48. The third kappa shape index (κ3) is 14.0. The van der Waals surface area contributed by atoms with Gasteiger partial charge in [0.1, 0.15) is 22.5 Å². The third-order valence-electron chi connectivity index (χ3n) is 8.73. The second-order valence-corrected chi connectivity index (χ2v) is 13.4. The number of methoxy groups -OCH3 is 2. The molecule has 0 aliphatic carbocycles. The Morgan fingerprint density at radius 2 is 1.06 bits per heavy atom. The molecular formula is C46H58BBrN8O8. The number of rotatable bonds is 10. The lowest BCUT2D eigenvalue weighted by atomic mass is 9.80. The van der Waals surface area contributed by atoms with Gasteiger partial charge < -0.3 is 19.5 Å². The fraction of sp³-hybridized carbons (Fsp3) is 0.217. The lowest BCUT2D eigenvalue weighted by Gasteiger charge is -2.11. The number of para-hydroxylation sites is 2. The minimum Gasteiger partial charge on any atom is -0.496 e. The van der Waals surface area contributed by atoms with Crippen LogP contribution in [0.2, 0.25) is 0 Å². The highest BCUT2D eigenvalue weighted by Gasteiger charge is 2.15. The number of fused-ring (bicyclic) bond motifs is 2. The van der Waals surface area contributed by atoms with Crippen LogP contribution in [0.3, 0.4) is 0 Å². The molecule has 8 rings (SSSR count). The summed E-state index contributed by atoms with van der Waals surface area (Å²) in [6.07, 6.45) is 0. The lowest BCUT2D eigenvalue weighted by molar-refractivity contribution is -0.385. The van der Waals surface area contributed by atoms with Crippen molar-refractivity contribution in [2.45, 2.75) is 57.6 Å². The van der Waals surface area contributed by atoms with Crippen LogP contribution in [0.25, 0.3) is 33.2 Å². The summed E-state index contributed by atoms with van der Waals surface area (Å²) in [5, 5.41) is 55.4. The Morgan fingerprint density at radius 3 is 1.55 bits per heavy atom. The van der Waals surface area contributed by atoms with E-state index in [1.165, 1.54) is 24.3 Å². The van der Waals surface area contributed by atoms with Gasteiger partial charge in [-0.05, 0) is 86.6 Å². The van der Waals surface area contributed by atoms with E-state index >= 15 is 0 Å². The Hall–Kier alpha value is -7.02. The van der Waals surface area contributed by atoms with Crippen LogP contribution in [0.5, 0.6) is 11.5 Å². The molecule has 2 N–H and O–H groups in total. The Kier molecular flexibility index (Phi) is 23.6. The minimum absolute atomic E-state index is 0. The van der Waals surface area contributed by atoms with Crippen molar-refractivity contribution in [3.63, 3.8) is 0 Å². The summed E-state index contributed by atoms with van der Waals surface area (Å²) in [5.41, 5.74) is 7.40. The van der Waals surface area contributed by atoms with Gasteiger partial charge in [-0.15, -0.1) is 10.2 Å². The summed E-state index contributed by atoms with van der Waals surface area (Å²) in [6, 6.07) is 39.2. The molecule has 0 spiro atoms. The number of benzene rings is 6. The van der Waals surface area contributed by atoms with Crippen molar-refractivity contribution >= 4 is 62.0 Å². The van der Waals surface area contributed by atoms with Crippen LogP contribution >= 0.6 is 15.9 Å². The van der Waals surface area contributed by atoms with Crippen molar-refractivity contribution in [1.82, 2.24) is 30.0 Å². The maximum absolute atomic E-state index is 11.1. The van der Waals surface area contributed by atoms with Crippen LogP contribution < -0.4 is 14.9 Å². The topological polar surface area (TPSA) is 207 Å². The van der Waals surface area contributed by atoms with Gasteiger partial charge in [0.15, 0.2) is 0 Å². The van der Waals surface area contributed by atoms with Crippen LogP contribution in [0, 0.1) is 20.2 Å². The first-order valence-corrected chi connectivity index (χ1v) is 18.2. The standard InChI is InChI=1S/C20H16N4O3.C14H12BrN3O.C6H6BNO4.6CH4/c1-27-20-10-9-14(13-23-19-8-3-2-7-18(19)21-22-23)11-17(20)15-5-4-6-16(12-15)24(25)26;1-19-14-7-6-10(8-11(14)15)9-18-13-5-3-2-4-12(13)16-17-18;9-7(10)5-2-1-3-6(4-5)8(11)12;;;;;;/h2-12H,13H2,1H3;2-8H,9H2,1H3;1-4,9-10H;6*1H4. The number of nitro benzene ring substituents is 2. The van der Waals surface area contributed by atoms with E-state index < -0.39 is 17.0 Å². The molecule has 0 unspecified atom stereocenters. The smallest absolute Gasteiger partial charge is 0.488 e. The Morgan fingerprint density at radius 1 is 0.594 bits per heavy atom. The van der Waals surface area contributed by atoms with Crippen molar-refractivity contribution in [2.75, 3.05) is 14.2 Å². The molecular weight excluding hydrogens is 883 g/mol. The molecule has 0 bridgehead atoms. The molecule has 0 saturated heterocycles. The van der Waals surface area contributed by atoms with E-state index in [0.29, 0.717) is 18.8 Å². The Balaban J connectivity index is 0.000000950. The van der Waals surface area contributed by atoms with E-state index in [-0.39, 0.29) is 61.4 Å². The van der Waals surface area contributed by atoms with Gasteiger partial charge in [-0.2, -0.15) is 0 Å². The zero-order chi connectivity index (χ0) is 41.2. The van der Waals surface area contributed by atoms with Gasteiger partial charge in [0.05, 0.1) is 52.7 Å². The first-order valence-electron chi connectivity index (χ1n) is 17.5. The number of nitro groups is 2. The van der Waals surface area contributed by atoms with Gasteiger partial charge in [-0.1, -0.05) is 116 Å². The predicted molar refractivity (Wildman–Crippen MR) is 262 cm³/mol. The highest BCUT2D eigenvalue weighted by molar-refractivity contribution is 9.10. The van der Waals surface area contributed by atoms with E-state index in [0.717, 1.165) is 60.6 Å². The molecule has 0 saturated carbocycles. The van der Waals surface area contributed by atoms with Gasteiger partial charge in [0.2, 0.25) is 0 Å². The minimum atomic E-state index is -1.66. The molecule has 8 aromatic rings. The molecule has 0 aliphatic heterocycles. The van der Waals surface area contributed by atoms with Crippen molar-refractivity contribution < 1.29 is 29.4 Å². The molecule has 18 heteroatoms. The lowest BCUT2D eigenvalue weighted by Crippen LogP contribution is -2.29. The fourth-order valence-electron chi connectivity index (χ4n) is 5.89. The van der Waals surface area contributed by atoms with Crippen molar-refractivity contribution in [2.24, 2.45) is 0 Å². The number of ether oxygens (including phenoxy) is 2. The molecule has 0 atom stereocenters. The number of non-ortho nitro benzene ring substituents is 2. The van der Waals surface area contributed by atoms with Gasteiger partial charge in [-0.3, -0.25) is 20.2 Å². The summed E-state index contributed by atoms with van der Waals surface area (Å²) >= 11 is 3.49. The van der Waals surface area contributed by atoms with Crippen LogP contribution in [0.15, 0.2) is 138 Å². The van der Waals surface area contributed by atoms with Gasteiger partial charge in [0.25, 0.3) is 11.4 Å². The predicted octanol–water partition coefficient (Wildman–Crippen LogP) is 10.4. The van der Waals surface area contributed by atoms with Crippen molar-refractivity contribution in [1.29, 1.82) is 0 Å². The number of nitrogens with zero attached hydrogens (tertiary/aromatic N) is 8. The summed E-state index contributed by atoms with van der Waals surface area (Å²) < 4.78 is 15.3. The number of halogens is 1. The second-order valence-electron chi connectivity index (χ2n) is 12.5. The normalized spacial score (nSPS) is 9.58. The molecule has 0 fully saturated rings. The summed E-state index contributed by atoms with van der Waals surface area (Å²) in [7, 11) is 1.58.